The van der Waals surface area contributed by atoms with Crippen LogP contribution in [0.15, 0.2) is 29.2 Å². The van der Waals surface area contributed by atoms with Crippen LogP contribution in [0.1, 0.15) is 16.1 Å². The molecule has 0 atom stereocenters. The first kappa shape index (κ1) is 11.3. The minimum Gasteiger partial charge on any atom is -0.478 e. The molecule has 82 valence electrons. The third-order valence-corrected chi connectivity index (χ3v) is 3.34. The van der Waals surface area contributed by atoms with Crippen LogP contribution in [0, 0.1) is 6.92 Å². The fourth-order valence-corrected chi connectivity index (χ4v) is 2.21. The number of benzene rings is 1. The van der Waals surface area contributed by atoms with Crippen LogP contribution >= 0.6 is 22.5 Å². The second-order valence-electron chi connectivity index (χ2n) is 3.39. The van der Waals surface area contributed by atoms with E-state index in [4.69, 9.17) is 5.11 Å². The van der Waals surface area contributed by atoms with E-state index in [1.807, 2.05) is 12.1 Å². The SMILES string of the molecule is Cc1cc(C(=O)O)c2cc(SS)ccc2n1. The maximum absolute atomic E-state index is 11.1. The number of aromatic nitrogens is 1. The summed E-state index contributed by atoms with van der Waals surface area (Å²) < 4.78 is 0. The summed E-state index contributed by atoms with van der Waals surface area (Å²) in [7, 11) is 1.28. The summed E-state index contributed by atoms with van der Waals surface area (Å²) in [4.78, 5) is 16.3. The number of hydrogen-bond acceptors (Lipinski definition) is 4. The molecular formula is C11H9NO2S2. The molecule has 0 unspecified atom stereocenters. The second kappa shape index (κ2) is 4.35. The van der Waals surface area contributed by atoms with E-state index in [1.54, 1.807) is 19.1 Å². The molecule has 16 heavy (non-hydrogen) atoms. The smallest absolute Gasteiger partial charge is 0.336 e. The molecule has 0 radical (unpaired) electrons. The molecule has 1 N–H and O–H groups in total. The Morgan fingerprint density at radius 1 is 1.44 bits per heavy atom. The van der Waals surface area contributed by atoms with Crippen molar-refractivity contribution in [2.75, 3.05) is 0 Å². The van der Waals surface area contributed by atoms with E-state index < -0.39 is 5.97 Å². The zero-order valence-electron chi connectivity index (χ0n) is 8.47. The Hall–Kier alpha value is -1.20. The molecule has 1 aromatic heterocycles. The molecule has 3 nitrogen and oxygen atoms in total. The Bertz CT molecular complexity index is 569. The second-order valence-corrected chi connectivity index (χ2v) is 4.59. The summed E-state index contributed by atoms with van der Waals surface area (Å²) in [6.07, 6.45) is 0. The van der Waals surface area contributed by atoms with Crippen molar-refractivity contribution in [2.45, 2.75) is 11.8 Å². The number of rotatable bonds is 2. The number of nitrogens with zero attached hydrogens (tertiary/aromatic N) is 1. The molecule has 0 saturated carbocycles. The summed E-state index contributed by atoms with van der Waals surface area (Å²) >= 11 is 4.09. The van der Waals surface area contributed by atoms with Gasteiger partial charge in [0.1, 0.15) is 0 Å². The maximum Gasteiger partial charge on any atom is 0.336 e. The summed E-state index contributed by atoms with van der Waals surface area (Å²) in [6.45, 7) is 1.78. The molecule has 0 aliphatic carbocycles. The molecule has 1 aromatic carbocycles. The summed E-state index contributed by atoms with van der Waals surface area (Å²) in [6, 6.07) is 7.06. The Labute approximate surface area is 102 Å². The number of hydrogen-bond donors (Lipinski definition) is 2. The van der Waals surface area contributed by atoms with Crippen molar-refractivity contribution in [2.24, 2.45) is 0 Å². The van der Waals surface area contributed by atoms with Crippen LogP contribution in [0.25, 0.3) is 10.9 Å². The van der Waals surface area contributed by atoms with Crippen molar-refractivity contribution in [1.29, 1.82) is 0 Å². The van der Waals surface area contributed by atoms with E-state index in [-0.39, 0.29) is 5.56 Å². The van der Waals surface area contributed by atoms with Crippen molar-refractivity contribution in [3.05, 3.63) is 35.5 Å². The van der Waals surface area contributed by atoms with Crippen molar-refractivity contribution >= 4 is 39.3 Å². The number of carbonyl (C=O) groups is 1. The normalized spacial score (nSPS) is 10.6. The summed E-state index contributed by atoms with van der Waals surface area (Å²) in [5.74, 6) is -0.934. The van der Waals surface area contributed by atoms with Crippen LogP contribution in [0.5, 0.6) is 0 Å². The summed E-state index contributed by atoms with van der Waals surface area (Å²) in [5.41, 5.74) is 1.69. The van der Waals surface area contributed by atoms with Crippen LogP contribution in [-0.2, 0) is 0 Å². The number of thiol groups is 1. The number of fused-ring (bicyclic) bond motifs is 1. The zero-order valence-corrected chi connectivity index (χ0v) is 10.2. The van der Waals surface area contributed by atoms with Gasteiger partial charge in [0.15, 0.2) is 0 Å². The molecule has 0 spiro atoms. The highest BCUT2D eigenvalue weighted by atomic mass is 33.1. The first-order valence-corrected chi connectivity index (χ1v) is 6.45. The van der Waals surface area contributed by atoms with Crippen LogP contribution in [-0.4, -0.2) is 16.1 Å². The first-order valence-electron chi connectivity index (χ1n) is 4.58. The summed E-state index contributed by atoms with van der Waals surface area (Å²) in [5, 5.41) is 9.77. The largest absolute Gasteiger partial charge is 0.478 e. The van der Waals surface area contributed by atoms with E-state index in [9.17, 15) is 4.79 Å². The predicted octanol–water partition coefficient (Wildman–Crippen LogP) is 3.18. The topological polar surface area (TPSA) is 50.2 Å². The number of carboxylic acid groups (broad SMARTS) is 1. The fraction of sp³-hybridized carbons (Fsp3) is 0.0909. The minimum absolute atomic E-state index is 0.284. The Kier molecular flexibility index (Phi) is 3.07. The van der Waals surface area contributed by atoms with Gasteiger partial charge in [-0.25, -0.2) is 4.79 Å². The van der Waals surface area contributed by atoms with Crippen molar-refractivity contribution in [3.8, 4) is 0 Å². The molecule has 0 aliphatic rings. The lowest BCUT2D eigenvalue weighted by Crippen LogP contribution is -2.00. The highest BCUT2D eigenvalue weighted by Gasteiger charge is 2.10. The van der Waals surface area contributed by atoms with E-state index >= 15 is 0 Å². The standard InChI is InChI=1S/C11H9NO2S2/c1-6-4-9(11(13)14)8-5-7(16-15)2-3-10(8)12-6/h2-5,15H,1H3,(H,13,14). The monoisotopic (exact) mass is 251 g/mol. The average Bonchev–Trinajstić information content (AvgIpc) is 2.27. The molecule has 0 saturated heterocycles. The Balaban J connectivity index is 2.80. The van der Waals surface area contributed by atoms with Gasteiger partial charge in [-0.3, -0.25) is 4.98 Å². The molecule has 0 bridgehead atoms. The van der Waals surface area contributed by atoms with E-state index in [0.29, 0.717) is 16.6 Å². The molecule has 1 heterocycles. The molecular weight excluding hydrogens is 242 g/mol. The van der Waals surface area contributed by atoms with Crippen molar-refractivity contribution in [1.82, 2.24) is 4.98 Å². The predicted molar refractivity (Wildman–Crippen MR) is 68.3 cm³/mol. The molecule has 0 fully saturated rings. The van der Waals surface area contributed by atoms with Crippen LogP contribution in [0.4, 0.5) is 0 Å². The molecule has 2 aromatic rings. The third-order valence-electron chi connectivity index (χ3n) is 2.24. The highest BCUT2D eigenvalue weighted by Crippen LogP contribution is 2.27. The lowest BCUT2D eigenvalue weighted by atomic mass is 10.1. The first-order chi connectivity index (χ1) is 7.61. The fourth-order valence-electron chi connectivity index (χ4n) is 1.57. The zero-order chi connectivity index (χ0) is 11.7. The molecule has 2 rings (SSSR count). The van der Waals surface area contributed by atoms with Gasteiger partial charge in [0, 0.05) is 16.0 Å². The Morgan fingerprint density at radius 2 is 2.19 bits per heavy atom. The van der Waals surface area contributed by atoms with Crippen molar-refractivity contribution < 1.29 is 9.90 Å². The molecule has 0 amide bonds. The van der Waals surface area contributed by atoms with Gasteiger partial charge >= 0.3 is 5.97 Å². The van der Waals surface area contributed by atoms with Crippen LogP contribution < -0.4 is 0 Å². The van der Waals surface area contributed by atoms with Gasteiger partial charge in [-0.15, -0.1) is 11.7 Å². The quantitative estimate of drug-likeness (QED) is 0.636. The van der Waals surface area contributed by atoms with Gasteiger partial charge in [-0.1, -0.05) is 10.8 Å². The van der Waals surface area contributed by atoms with Gasteiger partial charge < -0.3 is 5.11 Å². The highest BCUT2D eigenvalue weighted by molar-refractivity contribution is 8.68. The number of pyridine rings is 1. The molecule has 0 aliphatic heterocycles. The van der Waals surface area contributed by atoms with Crippen LogP contribution in [0.2, 0.25) is 0 Å². The van der Waals surface area contributed by atoms with Crippen molar-refractivity contribution in [3.63, 3.8) is 0 Å². The van der Waals surface area contributed by atoms with Gasteiger partial charge in [-0.05, 0) is 31.2 Å². The lowest BCUT2D eigenvalue weighted by Gasteiger charge is -2.05. The van der Waals surface area contributed by atoms with E-state index in [2.05, 4.69) is 16.6 Å². The Morgan fingerprint density at radius 3 is 2.81 bits per heavy atom. The minimum atomic E-state index is -0.934. The van der Waals surface area contributed by atoms with Gasteiger partial charge in [0.2, 0.25) is 0 Å². The number of aromatic carboxylic acids is 1. The van der Waals surface area contributed by atoms with Gasteiger partial charge in [0.25, 0.3) is 0 Å². The number of aryl methyl sites for hydroxylation is 1. The lowest BCUT2D eigenvalue weighted by molar-refractivity contribution is 0.0699. The number of carboxylic acids is 1. The molecule has 5 heteroatoms. The van der Waals surface area contributed by atoms with Gasteiger partial charge in [0.05, 0.1) is 11.1 Å². The van der Waals surface area contributed by atoms with E-state index in [1.165, 1.54) is 10.8 Å². The van der Waals surface area contributed by atoms with Gasteiger partial charge in [-0.2, -0.15) is 0 Å². The average molecular weight is 251 g/mol. The maximum atomic E-state index is 11.1. The van der Waals surface area contributed by atoms with E-state index in [0.717, 1.165) is 4.90 Å². The van der Waals surface area contributed by atoms with Crippen LogP contribution in [0.3, 0.4) is 0 Å². The third kappa shape index (κ3) is 2.01.